The molecule has 66 heavy (non-hydrogen) atoms. The number of benzene rings is 2. The van der Waals surface area contributed by atoms with Gasteiger partial charge in [-0.1, -0.05) is 12.1 Å². The van der Waals surface area contributed by atoms with Gasteiger partial charge in [0.25, 0.3) is 11.8 Å². The molecule has 6 aliphatic rings. The predicted octanol–water partition coefficient (Wildman–Crippen LogP) is 2.55. The number of aromatic hydroxyl groups is 1. The minimum atomic E-state index is -0.973. The summed E-state index contributed by atoms with van der Waals surface area (Å²) in [6.07, 6.45) is 6.93. The van der Waals surface area contributed by atoms with E-state index in [0.717, 1.165) is 114 Å². The maximum Gasteiger partial charge on any atom is 0.262 e. The third-order valence-corrected chi connectivity index (χ3v) is 14.0. The van der Waals surface area contributed by atoms with Crippen LogP contribution in [0.1, 0.15) is 65.7 Å². The van der Waals surface area contributed by atoms with Crippen molar-refractivity contribution in [1.82, 2.24) is 40.2 Å². The van der Waals surface area contributed by atoms with Crippen molar-refractivity contribution >= 4 is 46.8 Å². The molecule has 4 aromatic rings. The Kier molecular flexibility index (Phi) is 12.4. The summed E-state index contributed by atoms with van der Waals surface area (Å²) in [5, 5.41) is 21.2. The zero-order valence-electron chi connectivity index (χ0n) is 37.0. The molecule has 0 saturated carbocycles. The highest BCUT2D eigenvalue weighted by Crippen LogP contribution is 2.38. The number of carbonyl (C=O) groups excluding carboxylic acids is 4. The number of piperazine rings is 2. The molecule has 10 rings (SSSR count). The van der Waals surface area contributed by atoms with Gasteiger partial charge in [-0.15, -0.1) is 10.2 Å². The number of nitrogens with zero attached hydrogens (tertiary/aromatic N) is 10. The molecule has 4 N–H and O–H groups in total. The number of aromatic nitrogens is 4. The molecule has 19 nitrogen and oxygen atoms in total. The van der Waals surface area contributed by atoms with E-state index >= 15 is 0 Å². The number of hydrogen-bond acceptors (Lipinski definition) is 17. The van der Waals surface area contributed by atoms with Gasteiger partial charge in [0.1, 0.15) is 18.4 Å². The van der Waals surface area contributed by atoms with Crippen molar-refractivity contribution in [3.63, 3.8) is 0 Å². The van der Waals surface area contributed by atoms with Crippen LogP contribution in [-0.4, -0.2) is 166 Å². The monoisotopic (exact) mass is 900 g/mol. The van der Waals surface area contributed by atoms with Crippen LogP contribution in [0.25, 0.3) is 11.3 Å². The van der Waals surface area contributed by atoms with E-state index in [0.29, 0.717) is 53.2 Å². The summed E-state index contributed by atoms with van der Waals surface area (Å²) >= 11 is 0. The number of phenolic OH excluding ortho intramolecular Hbond substituents is 1. The fraction of sp³-hybridized carbons (Fsp3) is 0.489. The average Bonchev–Trinajstić information content (AvgIpc) is 3.74. The molecule has 6 aliphatic heterocycles. The van der Waals surface area contributed by atoms with E-state index in [-0.39, 0.29) is 36.8 Å². The Hall–Kier alpha value is -6.44. The molecule has 346 valence electrons. The first-order valence-corrected chi connectivity index (χ1v) is 23.2. The van der Waals surface area contributed by atoms with Crippen LogP contribution >= 0.6 is 0 Å². The summed E-state index contributed by atoms with van der Waals surface area (Å²) in [7, 11) is 0. The molecule has 2 aromatic carbocycles. The van der Waals surface area contributed by atoms with Gasteiger partial charge in [-0.2, -0.15) is 4.98 Å². The average molecular weight is 901 g/mol. The maximum absolute atomic E-state index is 13.3. The van der Waals surface area contributed by atoms with Crippen LogP contribution in [0.5, 0.6) is 11.6 Å². The quantitative estimate of drug-likeness (QED) is 0.122. The predicted molar refractivity (Wildman–Crippen MR) is 244 cm³/mol. The van der Waals surface area contributed by atoms with E-state index in [4.69, 9.17) is 20.2 Å². The van der Waals surface area contributed by atoms with Crippen LogP contribution in [0.2, 0.25) is 0 Å². The van der Waals surface area contributed by atoms with Crippen molar-refractivity contribution < 1.29 is 33.8 Å². The zero-order chi connectivity index (χ0) is 45.3. The third-order valence-electron chi connectivity index (χ3n) is 14.0. The topological polar surface area (TPSA) is 216 Å². The first kappa shape index (κ1) is 43.5. The van der Waals surface area contributed by atoms with Gasteiger partial charge in [0.05, 0.1) is 28.6 Å². The number of amides is 4. The lowest BCUT2D eigenvalue weighted by atomic mass is 10.0. The minimum absolute atomic E-state index is 0.0918. The highest BCUT2D eigenvalue weighted by molar-refractivity contribution is 6.23. The number of para-hydroxylation sites is 1. The second-order valence-electron chi connectivity index (χ2n) is 18.0. The Labute approximate surface area is 382 Å². The number of rotatable bonds is 14. The Bertz CT molecular complexity index is 2460. The number of nitrogens with two attached hydrogens (primary N) is 1. The lowest BCUT2D eigenvalue weighted by Crippen LogP contribution is -2.54. The molecule has 5 saturated heterocycles. The molecule has 19 heteroatoms. The maximum atomic E-state index is 13.3. The minimum Gasteiger partial charge on any atom is -0.507 e. The number of imide groups is 2. The number of phenols is 1. The van der Waals surface area contributed by atoms with Crippen LogP contribution in [0.4, 0.5) is 23.1 Å². The number of hydrogen-bond donors (Lipinski definition) is 3. The molecule has 4 amide bonds. The number of anilines is 4. The van der Waals surface area contributed by atoms with Gasteiger partial charge in [-0.3, -0.25) is 34.3 Å². The second kappa shape index (κ2) is 18.8. The summed E-state index contributed by atoms with van der Waals surface area (Å²) in [5.41, 5.74) is 9.83. The molecule has 5 fully saturated rings. The van der Waals surface area contributed by atoms with Crippen molar-refractivity contribution in [2.75, 3.05) is 99.1 Å². The largest absolute Gasteiger partial charge is 0.507 e. The Morgan fingerprint density at radius 3 is 2.26 bits per heavy atom. The Morgan fingerprint density at radius 1 is 0.758 bits per heavy atom. The number of ether oxygens (including phenoxy) is 2. The standard InChI is InChI=1S/C47H56N12O7/c48-43-39(27-37(52-53-43)35-4-1-2-5-40(35)60)57-28-31-6-7-32(29-57)58(31)47-49-15-12-42(51-47)66-25-23-55-21-19-54(20-22-55)16-3-24-65-33-13-17-56(18-14-33)30-8-9-34-36(26-30)46(64)59(45(34)63)38-10-11-41(61)50-44(38)62/h1-2,4-5,8-9,12,15,26-27,31-33,38,60H,3,6-7,10-11,13-14,16-25,28-29H2,(H2,48,53)(H,50,61,62). The zero-order valence-corrected chi connectivity index (χ0v) is 37.0. The summed E-state index contributed by atoms with van der Waals surface area (Å²) < 4.78 is 12.5. The van der Waals surface area contributed by atoms with Gasteiger partial charge < -0.3 is 39.9 Å². The molecule has 3 atom stereocenters. The van der Waals surface area contributed by atoms with E-state index in [2.05, 4.69) is 45.0 Å². The highest BCUT2D eigenvalue weighted by Gasteiger charge is 2.45. The number of fused-ring (bicyclic) bond motifs is 3. The summed E-state index contributed by atoms with van der Waals surface area (Å²) in [6, 6.07) is 15.6. The highest BCUT2D eigenvalue weighted by atomic mass is 16.5. The number of nitrogens with one attached hydrogen (secondary N) is 1. The Morgan fingerprint density at radius 2 is 1.50 bits per heavy atom. The van der Waals surface area contributed by atoms with Crippen molar-refractivity contribution in [2.45, 2.75) is 69.2 Å². The second-order valence-corrected chi connectivity index (χ2v) is 18.0. The number of piperidine rings is 2. The molecule has 2 aromatic heterocycles. The van der Waals surface area contributed by atoms with Gasteiger partial charge >= 0.3 is 0 Å². The molecule has 0 aliphatic carbocycles. The van der Waals surface area contributed by atoms with Crippen molar-refractivity contribution in [3.8, 4) is 22.9 Å². The van der Waals surface area contributed by atoms with Gasteiger partial charge in [-0.25, -0.2) is 4.98 Å². The molecule has 0 radical (unpaired) electrons. The van der Waals surface area contributed by atoms with E-state index < -0.39 is 29.7 Å². The molecule has 8 heterocycles. The van der Waals surface area contributed by atoms with Crippen LogP contribution in [0.3, 0.4) is 0 Å². The van der Waals surface area contributed by atoms with E-state index in [1.165, 1.54) is 0 Å². The van der Waals surface area contributed by atoms with Crippen molar-refractivity contribution in [3.05, 3.63) is 71.9 Å². The van der Waals surface area contributed by atoms with E-state index in [1.807, 2.05) is 30.3 Å². The normalized spacial score (nSPS) is 22.9. The first-order valence-electron chi connectivity index (χ1n) is 23.2. The SMILES string of the molecule is Nc1nnc(-c2ccccc2O)cc1N1CC2CCC(C1)N2c1nccc(OCCN2CCN(CCCOC3CCN(c4ccc5c(c4)C(=O)N(C4CCC(=O)NC4=O)C5=O)CC3)CC2)n1. The van der Waals surface area contributed by atoms with Crippen molar-refractivity contribution in [1.29, 1.82) is 0 Å². The lowest BCUT2D eigenvalue weighted by molar-refractivity contribution is -0.136. The molecule has 3 unspecified atom stereocenters. The number of nitrogen functional groups attached to an aromatic ring is 1. The summed E-state index contributed by atoms with van der Waals surface area (Å²) in [6.45, 7) is 10.1. The fourth-order valence-electron chi connectivity index (χ4n) is 10.4. The van der Waals surface area contributed by atoms with Gasteiger partial charge in [0.2, 0.25) is 23.6 Å². The van der Waals surface area contributed by atoms with E-state index in [1.54, 1.807) is 30.5 Å². The number of carbonyl (C=O) groups is 4. The van der Waals surface area contributed by atoms with Crippen LogP contribution < -0.4 is 30.5 Å². The molecule has 2 bridgehead atoms. The fourth-order valence-corrected chi connectivity index (χ4v) is 10.4. The van der Waals surface area contributed by atoms with Crippen molar-refractivity contribution in [2.24, 2.45) is 0 Å². The Balaban J connectivity index is 0.620. The van der Waals surface area contributed by atoms with Crippen LogP contribution in [0.15, 0.2) is 60.8 Å². The summed E-state index contributed by atoms with van der Waals surface area (Å²) in [5.74, 6) is -0.188. The first-order chi connectivity index (χ1) is 32.2. The smallest absolute Gasteiger partial charge is 0.262 e. The molecular weight excluding hydrogens is 845 g/mol. The lowest BCUT2D eigenvalue weighted by Gasteiger charge is -2.42. The summed E-state index contributed by atoms with van der Waals surface area (Å²) in [4.78, 5) is 72.8. The third kappa shape index (κ3) is 8.93. The van der Waals surface area contributed by atoms with Crippen LogP contribution in [-0.2, 0) is 14.3 Å². The van der Waals surface area contributed by atoms with Gasteiger partial charge in [0.15, 0.2) is 5.82 Å². The molecule has 0 spiro atoms. The molecular formula is C47H56N12O7. The van der Waals surface area contributed by atoms with Gasteiger partial charge in [0, 0.05) is 114 Å². The van der Waals surface area contributed by atoms with Crippen LogP contribution in [0, 0.1) is 0 Å². The van der Waals surface area contributed by atoms with Gasteiger partial charge in [-0.05, 0) is 74.9 Å². The van der Waals surface area contributed by atoms with E-state index in [9.17, 15) is 24.3 Å².